The first-order valence-corrected chi connectivity index (χ1v) is 9.05. The third-order valence-corrected chi connectivity index (χ3v) is 5.19. The number of nitrogens with one attached hydrogen (secondary N) is 1. The molecule has 2 heterocycles. The van der Waals surface area contributed by atoms with Gasteiger partial charge in [-0.15, -0.1) is 0 Å². The van der Waals surface area contributed by atoms with Crippen LogP contribution in [0.3, 0.4) is 0 Å². The first-order valence-electron chi connectivity index (χ1n) is 8.67. The predicted molar refractivity (Wildman–Crippen MR) is 96.0 cm³/mol. The number of rotatable bonds is 4. The summed E-state index contributed by atoms with van der Waals surface area (Å²) in [5, 5.41) is 3.86. The zero-order valence-electron chi connectivity index (χ0n) is 14.4. The zero-order chi connectivity index (χ0) is 17.1. The van der Waals surface area contributed by atoms with Gasteiger partial charge >= 0.3 is 0 Å². The molecule has 0 bridgehead atoms. The normalized spacial score (nSPS) is 22.5. The van der Waals surface area contributed by atoms with E-state index in [-0.39, 0.29) is 12.0 Å². The molecule has 0 aliphatic carbocycles. The van der Waals surface area contributed by atoms with Crippen LogP contribution in [0.15, 0.2) is 18.2 Å². The van der Waals surface area contributed by atoms with Crippen LogP contribution in [0.25, 0.3) is 0 Å². The highest BCUT2D eigenvalue weighted by Crippen LogP contribution is 2.27. The average Bonchev–Trinajstić information content (AvgIpc) is 3.03. The molecular weight excluding hydrogens is 326 g/mol. The molecule has 1 N–H and O–H groups in total. The second-order valence-corrected chi connectivity index (χ2v) is 7.25. The van der Waals surface area contributed by atoms with Crippen LogP contribution in [0, 0.1) is 0 Å². The van der Waals surface area contributed by atoms with Gasteiger partial charge in [-0.2, -0.15) is 0 Å². The summed E-state index contributed by atoms with van der Waals surface area (Å²) < 4.78 is 6.11. The van der Waals surface area contributed by atoms with Crippen molar-refractivity contribution in [2.24, 2.45) is 0 Å². The van der Waals surface area contributed by atoms with E-state index in [2.05, 4.69) is 10.2 Å². The number of nitrogens with zero attached hydrogens (tertiary/aromatic N) is 2. The minimum Gasteiger partial charge on any atom is -0.489 e. The van der Waals surface area contributed by atoms with Crippen LogP contribution in [0.5, 0.6) is 5.75 Å². The highest BCUT2D eigenvalue weighted by molar-refractivity contribution is 6.34. The molecule has 1 aromatic carbocycles. The summed E-state index contributed by atoms with van der Waals surface area (Å²) in [7, 11) is 3.44. The minimum absolute atomic E-state index is 0.0931. The molecule has 2 fully saturated rings. The number of likely N-dealkylation sites (tertiary alicyclic amines) is 1. The van der Waals surface area contributed by atoms with E-state index in [4.69, 9.17) is 16.3 Å². The van der Waals surface area contributed by atoms with Crippen LogP contribution < -0.4 is 10.1 Å². The Hall–Kier alpha value is -1.30. The highest BCUT2D eigenvalue weighted by Gasteiger charge is 2.30. The number of ether oxygens (including phenoxy) is 1. The summed E-state index contributed by atoms with van der Waals surface area (Å²) in [5.74, 6) is 0.650. The number of amides is 1. The summed E-state index contributed by atoms with van der Waals surface area (Å²) >= 11 is 6.26. The van der Waals surface area contributed by atoms with Crippen molar-refractivity contribution in [3.8, 4) is 5.75 Å². The topological polar surface area (TPSA) is 44.8 Å². The number of hydrogen-bond donors (Lipinski definition) is 1. The molecule has 24 heavy (non-hydrogen) atoms. The van der Waals surface area contributed by atoms with Gasteiger partial charge in [0.05, 0.1) is 10.6 Å². The van der Waals surface area contributed by atoms with Gasteiger partial charge in [0.25, 0.3) is 5.91 Å². The van der Waals surface area contributed by atoms with Crippen molar-refractivity contribution in [3.63, 3.8) is 0 Å². The average molecular weight is 352 g/mol. The van der Waals surface area contributed by atoms with Crippen molar-refractivity contribution in [2.45, 2.75) is 31.4 Å². The summed E-state index contributed by atoms with van der Waals surface area (Å²) in [6.07, 6.45) is 3.69. The Morgan fingerprint density at radius 2 is 2.04 bits per heavy atom. The Labute approximate surface area is 148 Å². The summed E-state index contributed by atoms with van der Waals surface area (Å²) in [5.41, 5.74) is 0.511. The lowest BCUT2D eigenvalue weighted by Crippen LogP contribution is -2.42. The molecule has 0 aromatic heterocycles. The van der Waals surface area contributed by atoms with Crippen LogP contribution >= 0.6 is 11.6 Å². The Balaban J connectivity index is 1.58. The Kier molecular flexibility index (Phi) is 5.64. The SMILES string of the molecule is CN(C)C(=O)c1ccc(O[C@@H]2CCN(C3CCNCC3)C2)cc1Cl. The maximum Gasteiger partial charge on any atom is 0.254 e. The molecule has 0 unspecified atom stereocenters. The van der Waals surface area contributed by atoms with E-state index >= 15 is 0 Å². The lowest BCUT2D eigenvalue weighted by atomic mass is 10.1. The van der Waals surface area contributed by atoms with Crippen molar-refractivity contribution in [3.05, 3.63) is 28.8 Å². The molecule has 2 aliphatic heterocycles. The van der Waals surface area contributed by atoms with E-state index in [1.807, 2.05) is 6.07 Å². The van der Waals surface area contributed by atoms with Gasteiger partial charge in [0, 0.05) is 33.2 Å². The van der Waals surface area contributed by atoms with Crippen molar-refractivity contribution in [2.75, 3.05) is 40.3 Å². The number of hydrogen-bond acceptors (Lipinski definition) is 4. The largest absolute Gasteiger partial charge is 0.489 e. The van der Waals surface area contributed by atoms with Gasteiger partial charge < -0.3 is 15.0 Å². The van der Waals surface area contributed by atoms with E-state index in [1.54, 1.807) is 26.2 Å². The molecular formula is C18H26ClN3O2. The maximum atomic E-state index is 12.0. The second kappa shape index (κ2) is 7.72. The zero-order valence-corrected chi connectivity index (χ0v) is 15.2. The molecule has 0 spiro atoms. The third kappa shape index (κ3) is 4.02. The fraction of sp³-hybridized carbons (Fsp3) is 0.611. The van der Waals surface area contributed by atoms with Gasteiger partial charge in [0.15, 0.2) is 0 Å². The smallest absolute Gasteiger partial charge is 0.254 e. The highest BCUT2D eigenvalue weighted by atomic mass is 35.5. The van der Waals surface area contributed by atoms with Crippen LogP contribution in [0.4, 0.5) is 0 Å². The Morgan fingerprint density at radius 1 is 1.29 bits per heavy atom. The molecule has 6 heteroatoms. The van der Waals surface area contributed by atoms with Crippen molar-refractivity contribution < 1.29 is 9.53 Å². The van der Waals surface area contributed by atoms with E-state index < -0.39 is 0 Å². The predicted octanol–water partition coefficient (Wildman–Crippen LogP) is 2.25. The van der Waals surface area contributed by atoms with Crippen LogP contribution in [0.1, 0.15) is 29.6 Å². The lowest BCUT2D eigenvalue weighted by Gasteiger charge is -2.31. The summed E-state index contributed by atoms with van der Waals surface area (Å²) in [4.78, 5) is 16.1. The molecule has 1 aromatic rings. The molecule has 1 amide bonds. The van der Waals surface area contributed by atoms with E-state index in [0.717, 1.165) is 38.3 Å². The summed E-state index contributed by atoms with van der Waals surface area (Å²) in [6, 6.07) is 6.03. The van der Waals surface area contributed by atoms with E-state index in [1.165, 1.54) is 17.7 Å². The Bertz CT molecular complexity index is 588. The first-order chi connectivity index (χ1) is 11.5. The Morgan fingerprint density at radius 3 is 2.71 bits per heavy atom. The number of halogens is 1. The molecule has 5 nitrogen and oxygen atoms in total. The molecule has 2 aliphatic rings. The molecule has 2 saturated heterocycles. The van der Waals surface area contributed by atoms with Gasteiger partial charge in [-0.3, -0.25) is 9.69 Å². The maximum absolute atomic E-state index is 12.0. The minimum atomic E-state index is -0.0931. The number of carbonyl (C=O) groups excluding carboxylic acids is 1. The summed E-state index contributed by atoms with van der Waals surface area (Å²) in [6.45, 7) is 4.30. The number of carbonyl (C=O) groups is 1. The number of piperidine rings is 1. The van der Waals surface area contributed by atoms with Gasteiger partial charge in [0.1, 0.15) is 11.9 Å². The number of benzene rings is 1. The van der Waals surface area contributed by atoms with Crippen molar-refractivity contribution in [1.82, 2.24) is 15.1 Å². The monoisotopic (exact) mass is 351 g/mol. The van der Waals surface area contributed by atoms with E-state index in [9.17, 15) is 4.79 Å². The first kappa shape index (κ1) is 17.5. The van der Waals surface area contributed by atoms with Crippen LogP contribution in [-0.2, 0) is 0 Å². The van der Waals surface area contributed by atoms with Crippen molar-refractivity contribution in [1.29, 1.82) is 0 Å². The third-order valence-electron chi connectivity index (χ3n) is 4.88. The quantitative estimate of drug-likeness (QED) is 0.903. The van der Waals surface area contributed by atoms with Gasteiger partial charge in [-0.25, -0.2) is 0 Å². The molecule has 0 radical (unpaired) electrons. The van der Waals surface area contributed by atoms with Crippen LogP contribution in [-0.4, -0.2) is 68.1 Å². The second-order valence-electron chi connectivity index (χ2n) is 6.85. The fourth-order valence-corrected chi connectivity index (χ4v) is 3.78. The molecule has 0 saturated carbocycles. The van der Waals surface area contributed by atoms with Gasteiger partial charge in [-0.05, 0) is 50.6 Å². The fourth-order valence-electron chi connectivity index (χ4n) is 3.53. The van der Waals surface area contributed by atoms with Crippen LogP contribution in [0.2, 0.25) is 5.02 Å². The standard InChI is InChI=1S/C18H26ClN3O2/c1-21(2)18(23)16-4-3-14(11-17(16)19)24-15-7-10-22(12-15)13-5-8-20-9-6-13/h3-4,11,13,15,20H,5-10,12H2,1-2H3/t15-/m1/s1. The lowest BCUT2D eigenvalue weighted by molar-refractivity contribution is 0.0827. The molecule has 1 atom stereocenters. The van der Waals surface area contributed by atoms with Crippen molar-refractivity contribution >= 4 is 17.5 Å². The van der Waals surface area contributed by atoms with E-state index in [0.29, 0.717) is 16.6 Å². The molecule has 132 valence electrons. The van der Waals surface area contributed by atoms with Gasteiger partial charge in [-0.1, -0.05) is 11.6 Å². The van der Waals surface area contributed by atoms with Gasteiger partial charge in [0.2, 0.25) is 0 Å². The molecule has 3 rings (SSSR count).